The van der Waals surface area contributed by atoms with E-state index in [0.29, 0.717) is 11.8 Å². The lowest BCUT2D eigenvalue weighted by Gasteiger charge is -2.63. The van der Waals surface area contributed by atoms with Crippen molar-refractivity contribution in [2.75, 3.05) is 9.80 Å². The van der Waals surface area contributed by atoms with Crippen LogP contribution in [-0.2, 0) is 16.2 Å². The molecule has 0 atom stereocenters. The van der Waals surface area contributed by atoms with Crippen LogP contribution in [-0.4, -0.2) is 0 Å². The molecule has 5 aliphatic rings. The molecule has 85 heavy (non-hydrogen) atoms. The summed E-state index contributed by atoms with van der Waals surface area (Å²) in [5, 5.41) is 2.44. The highest BCUT2D eigenvalue weighted by molar-refractivity contribution is 5.93. The maximum absolute atomic E-state index is 7.33. The molecule has 11 aromatic rings. The Morgan fingerprint density at radius 3 is 1.13 bits per heavy atom. The van der Waals surface area contributed by atoms with E-state index in [1.165, 1.54) is 110 Å². The van der Waals surface area contributed by atoms with Gasteiger partial charge in [0.2, 0.25) is 0 Å². The van der Waals surface area contributed by atoms with Gasteiger partial charge < -0.3 is 14.5 Å². The molecule has 0 radical (unpaired) electrons. The molecular weight excluding hydrogens is 1030 g/mol. The molecule has 1 heterocycles. The Balaban J connectivity index is 0.843. The van der Waals surface area contributed by atoms with Crippen LogP contribution >= 0.6 is 0 Å². The fraction of sp³-hybridized carbons (Fsp3) is 0.220. The maximum atomic E-state index is 7.33. The second kappa shape index (κ2) is 20.7. The van der Waals surface area contributed by atoms with Crippen LogP contribution in [0, 0.1) is 23.7 Å². The molecule has 4 aliphatic carbocycles. The Labute approximate surface area is 503 Å². The molecule has 0 amide bonds. The van der Waals surface area contributed by atoms with Gasteiger partial charge in [-0.15, -0.1) is 0 Å². The topological polar surface area (TPSA) is 15.7 Å². The number of fused-ring (bicyclic) bond motifs is 3. The third-order valence-electron chi connectivity index (χ3n) is 19.8. The molecule has 0 saturated heterocycles. The number of nitrogens with zero attached hydrogens (tertiary/aromatic N) is 2. The third-order valence-corrected chi connectivity index (χ3v) is 19.8. The molecule has 1 aliphatic heterocycles. The molecule has 0 unspecified atom stereocenters. The van der Waals surface area contributed by atoms with Gasteiger partial charge in [0.25, 0.3) is 0 Å². The predicted octanol–water partition coefficient (Wildman–Crippen LogP) is 22.9. The van der Waals surface area contributed by atoms with E-state index in [1.807, 2.05) is 0 Å². The van der Waals surface area contributed by atoms with Crippen molar-refractivity contribution in [1.29, 1.82) is 0 Å². The molecule has 0 N–H and O–H groups in total. The van der Waals surface area contributed by atoms with Crippen molar-refractivity contribution in [2.45, 2.75) is 89.9 Å². The van der Waals surface area contributed by atoms with Crippen molar-refractivity contribution in [2.24, 2.45) is 23.7 Å². The second-order valence-electron chi connectivity index (χ2n) is 27.1. The van der Waals surface area contributed by atoms with Gasteiger partial charge in [0.1, 0.15) is 11.5 Å². The number of benzene rings is 11. The summed E-state index contributed by atoms with van der Waals surface area (Å²) in [6, 6.07) is 95.4. The normalized spacial score (nSPS) is 19.3. The lowest BCUT2D eigenvalue weighted by atomic mass is 9.41. The van der Waals surface area contributed by atoms with Crippen LogP contribution in [0.25, 0.3) is 55.3 Å². The number of ether oxygens (including phenoxy) is 1. The van der Waals surface area contributed by atoms with E-state index < -0.39 is 0 Å². The first-order chi connectivity index (χ1) is 41.3. The Bertz CT molecular complexity index is 4230. The average molecular weight is 1100 g/mol. The van der Waals surface area contributed by atoms with Crippen LogP contribution in [0.5, 0.6) is 11.5 Å². The van der Waals surface area contributed by atoms with Crippen molar-refractivity contribution >= 4 is 44.9 Å². The first-order valence-corrected chi connectivity index (χ1v) is 31.0. The van der Waals surface area contributed by atoms with Gasteiger partial charge in [-0.05, 0) is 236 Å². The van der Waals surface area contributed by atoms with Crippen molar-refractivity contribution in [1.82, 2.24) is 0 Å². The summed E-state index contributed by atoms with van der Waals surface area (Å²) in [7, 11) is 0. The minimum absolute atomic E-state index is 0.0327. The minimum Gasteiger partial charge on any atom is -0.457 e. The van der Waals surface area contributed by atoms with Crippen LogP contribution in [0.4, 0.5) is 34.1 Å². The van der Waals surface area contributed by atoms with Crippen LogP contribution in [0.1, 0.15) is 95.9 Å². The standard InChI is InChI=1S/C82H74N2O/c1-80(2,3)66-28-37-72(38-29-66)83(70-32-23-58(24-33-70)62-21-13-19-60(48-62)56-15-9-7-10-16-56)74-36-27-64-52-79-76(51-65(64)50-74)82(68-44-54-43-55(46-68)47-69(82)45-54)77-53-75(41-42-78(77)85-79)84(73-39-30-67(31-40-73)81(4,5)6)71-34-25-59(26-35-71)63-22-14-20-61(49-63)57-17-11-8-12-18-57/h7-42,48-55,68-69H,43-47H2,1-6H3. The molecule has 3 nitrogen and oxygen atoms in total. The van der Waals surface area contributed by atoms with Crippen molar-refractivity contribution in [3.05, 3.63) is 277 Å². The predicted molar refractivity (Wildman–Crippen MR) is 357 cm³/mol. The largest absolute Gasteiger partial charge is 0.457 e. The number of anilines is 6. The minimum atomic E-state index is -0.192. The summed E-state index contributed by atoms with van der Waals surface area (Å²) >= 11 is 0. The lowest BCUT2D eigenvalue weighted by Crippen LogP contribution is -2.57. The first-order valence-electron chi connectivity index (χ1n) is 31.0. The monoisotopic (exact) mass is 1100 g/mol. The fourth-order valence-electron chi connectivity index (χ4n) is 15.7. The van der Waals surface area contributed by atoms with E-state index in [1.54, 1.807) is 0 Å². The Morgan fingerprint density at radius 1 is 0.306 bits per heavy atom. The zero-order valence-electron chi connectivity index (χ0n) is 49.9. The molecule has 11 aromatic carbocycles. The molecule has 16 rings (SSSR count). The van der Waals surface area contributed by atoms with Crippen LogP contribution in [0.15, 0.2) is 255 Å². The SMILES string of the molecule is CC(C)(C)c1ccc(N(c2ccc(-c3cccc(-c4ccccc4)c3)cc2)c2ccc3c(c2)C2(c4cc5cc(N(c6ccc(-c7cccc(-c8ccccc8)c7)cc6)c6ccc(C(C)(C)C)cc6)ccc5cc4O3)C3CC4CC(C3)CC2C4)cc1. The van der Waals surface area contributed by atoms with Gasteiger partial charge in [-0.2, -0.15) is 0 Å². The molecule has 1 spiro atoms. The summed E-state index contributed by atoms with van der Waals surface area (Å²) in [6.45, 7) is 13.8. The smallest absolute Gasteiger partial charge is 0.132 e. The zero-order chi connectivity index (χ0) is 57.6. The van der Waals surface area contributed by atoms with E-state index in [9.17, 15) is 0 Å². The van der Waals surface area contributed by atoms with Crippen LogP contribution in [0.3, 0.4) is 0 Å². The fourth-order valence-corrected chi connectivity index (χ4v) is 15.7. The molecule has 3 heteroatoms. The molecular formula is C82H74N2O. The number of hydrogen-bond donors (Lipinski definition) is 0. The molecule has 4 fully saturated rings. The Kier molecular flexibility index (Phi) is 12.9. The van der Waals surface area contributed by atoms with Crippen molar-refractivity contribution in [3.8, 4) is 56.0 Å². The van der Waals surface area contributed by atoms with Crippen LogP contribution in [0.2, 0.25) is 0 Å². The lowest BCUT2D eigenvalue weighted by molar-refractivity contribution is -0.0451. The maximum Gasteiger partial charge on any atom is 0.132 e. The van der Waals surface area contributed by atoms with Crippen molar-refractivity contribution < 1.29 is 4.74 Å². The van der Waals surface area contributed by atoms with Gasteiger partial charge in [-0.3, -0.25) is 0 Å². The molecule has 418 valence electrons. The number of hydrogen-bond acceptors (Lipinski definition) is 3. The third kappa shape index (κ3) is 9.53. The van der Waals surface area contributed by atoms with Gasteiger partial charge in [-0.25, -0.2) is 0 Å². The Morgan fingerprint density at radius 2 is 0.682 bits per heavy atom. The van der Waals surface area contributed by atoms with Gasteiger partial charge in [-0.1, -0.05) is 193 Å². The average Bonchev–Trinajstić information content (AvgIpc) is 0.836. The van der Waals surface area contributed by atoms with Crippen LogP contribution < -0.4 is 14.5 Å². The van der Waals surface area contributed by atoms with E-state index >= 15 is 0 Å². The summed E-state index contributed by atoms with van der Waals surface area (Å²) in [5.74, 6) is 4.67. The first kappa shape index (κ1) is 52.9. The Hall–Kier alpha value is -8.92. The molecule has 4 bridgehead atoms. The van der Waals surface area contributed by atoms with E-state index in [-0.39, 0.29) is 16.2 Å². The highest BCUT2D eigenvalue weighted by Crippen LogP contribution is 2.69. The van der Waals surface area contributed by atoms with E-state index in [2.05, 4.69) is 306 Å². The quantitative estimate of drug-likeness (QED) is 0.136. The van der Waals surface area contributed by atoms with E-state index in [4.69, 9.17) is 4.74 Å². The summed E-state index contributed by atoms with van der Waals surface area (Å²) in [6.07, 6.45) is 6.46. The van der Waals surface area contributed by atoms with Gasteiger partial charge in [0.05, 0.1) is 0 Å². The zero-order valence-corrected chi connectivity index (χ0v) is 49.9. The summed E-state index contributed by atoms with van der Waals surface area (Å²) in [4.78, 5) is 4.93. The summed E-state index contributed by atoms with van der Waals surface area (Å²) < 4.78 is 7.33. The molecule has 4 saturated carbocycles. The van der Waals surface area contributed by atoms with Gasteiger partial charge in [0, 0.05) is 50.7 Å². The van der Waals surface area contributed by atoms with Gasteiger partial charge >= 0.3 is 0 Å². The highest BCUT2D eigenvalue weighted by Gasteiger charge is 2.61. The van der Waals surface area contributed by atoms with E-state index in [0.717, 1.165) is 57.5 Å². The second-order valence-corrected chi connectivity index (χ2v) is 27.1. The highest BCUT2D eigenvalue weighted by atomic mass is 16.5. The number of rotatable bonds is 10. The molecule has 0 aromatic heterocycles. The summed E-state index contributed by atoms with van der Waals surface area (Å²) in [5.41, 5.74) is 21.8. The van der Waals surface area contributed by atoms with Gasteiger partial charge in [0.15, 0.2) is 0 Å². The van der Waals surface area contributed by atoms with Crippen molar-refractivity contribution in [3.63, 3.8) is 0 Å².